The van der Waals surface area contributed by atoms with Crippen LogP contribution in [-0.2, 0) is 13.1 Å². The Hall–Kier alpha value is -0.350. The molecule has 2 rings (SSSR count). The van der Waals surface area contributed by atoms with Crippen LogP contribution in [0.1, 0.15) is 25.6 Å². The second-order valence-electron chi connectivity index (χ2n) is 3.72. The molecule has 78 valence electrons. The van der Waals surface area contributed by atoms with Gasteiger partial charge < -0.3 is 4.57 Å². The maximum absolute atomic E-state index is 4.42. The molecule has 0 atom stereocenters. The smallest absolute Gasteiger partial charge is 0.123 e. The van der Waals surface area contributed by atoms with E-state index in [-0.39, 0.29) is 0 Å². The van der Waals surface area contributed by atoms with Crippen LogP contribution in [0.2, 0.25) is 0 Å². The molecular weight excluding hydrogens is 242 g/mol. The van der Waals surface area contributed by atoms with E-state index in [4.69, 9.17) is 0 Å². The first-order chi connectivity index (χ1) is 6.81. The van der Waals surface area contributed by atoms with E-state index in [0.717, 1.165) is 17.7 Å². The Morgan fingerprint density at radius 2 is 2.14 bits per heavy atom. The topological polar surface area (TPSA) is 21.1 Å². The zero-order chi connectivity index (χ0) is 9.97. The van der Waals surface area contributed by atoms with Gasteiger partial charge in [-0.2, -0.15) is 0 Å². The van der Waals surface area contributed by atoms with Crippen molar-refractivity contribution in [2.24, 2.45) is 0 Å². The van der Waals surface area contributed by atoms with Crippen molar-refractivity contribution in [1.29, 1.82) is 0 Å². The van der Waals surface area contributed by atoms with Crippen LogP contribution in [0.25, 0.3) is 0 Å². The van der Waals surface area contributed by atoms with E-state index in [0.29, 0.717) is 0 Å². The predicted octanol–water partition coefficient (Wildman–Crippen LogP) is 2.26. The van der Waals surface area contributed by atoms with Crippen molar-refractivity contribution in [2.45, 2.75) is 32.9 Å². The quantitative estimate of drug-likeness (QED) is 0.829. The summed E-state index contributed by atoms with van der Waals surface area (Å²) in [5.74, 6) is 1.18. The van der Waals surface area contributed by atoms with E-state index in [1.165, 1.54) is 31.8 Å². The molecule has 1 fully saturated rings. The molecule has 0 aromatic carbocycles. The standard InChI is InChI=1S/C10H16BrN3/c1-2-14-9(11)7-12-10(14)8-13-5-3-4-6-13/h7H,2-6,8H2,1H3. The summed E-state index contributed by atoms with van der Waals surface area (Å²) in [4.78, 5) is 6.90. The van der Waals surface area contributed by atoms with Gasteiger partial charge in [-0.25, -0.2) is 4.98 Å². The van der Waals surface area contributed by atoms with Crippen LogP contribution < -0.4 is 0 Å². The van der Waals surface area contributed by atoms with Crippen molar-refractivity contribution in [3.8, 4) is 0 Å². The number of halogens is 1. The Balaban J connectivity index is 2.07. The van der Waals surface area contributed by atoms with E-state index < -0.39 is 0 Å². The molecule has 0 bridgehead atoms. The van der Waals surface area contributed by atoms with Crippen molar-refractivity contribution < 1.29 is 0 Å². The van der Waals surface area contributed by atoms with E-state index in [1.54, 1.807) is 0 Å². The van der Waals surface area contributed by atoms with E-state index in [9.17, 15) is 0 Å². The van der Waals surface area contributed by atoms with Gasteiger partial charge in [0.15, 0.2) is 0 Å². The first-order valence-electron chi connectivity index (χ1n) is 5.23. The van der Waals surface area contributed by atoms with Gasteiger partial charge in [0.25, 0.3) is 0 Å². The van der Waals surface area contributed by atoms with Gasteiger partial charge in [-0.3, -0.25) is 4.90 Å². The second-order valence-corrected chi connectivity index (χ2v) is 4.54. The summed E-state index contributed by atoms with van der Waals surface area (Å²) in [5.41, 5.74) is 0. The van der Waals surface area contributed by atoms with Crippen LogP contribution in [0.5, 0.6) is 0 Å². The predicted molar refractivity (Wildman–Crippen MR) is 60.1 cm³/mol. The third-order valence-corrected chi connectivity index (χ3v) is 3.40. The molecule has 1 aromatic heterocycles. The third kappa shape index (κ3) is 2.01. The second kappa shape index (κ2) is 4.45. The molecular formula is C10H16BrN3. The Morgan fingerprint density at radius 3 is 2.79 bits per heavy atom. The minimum Gasteiger partial charge on any atom is -0.322 e. The maximum atomic E-state index is 4.42. The van der Waals surface area contributed by atoms with Gasteiger partial charge in [-0.15, -0.1) is 0 Å². The lowest BCUT2D eigenvalue weighted by atomic mass is 10.4. The first kappa shape index (κ1) is 10.2. The number of hydrogen-bond donors (Lipinski definition) is 0. The molecule has 0 N–H and O–H groups in total. The fraction of sp³-hybridized carbons (Fsp3) is 0.700. The minimum absolute atomic E-state index is 0.990. The number of likely N-dealkylation sites (tertiary alicyclic amines) is 1. The van der Waals surface area contributed by atoms with Crippen LogP contribution in [0.15, 0.2) is 10.8 Å². The fourth-order valence-corrected chi connectivity index (χ4v) is 2.55. The Bertz CT molecular complexity index is 302. The summed E-state index contributed by atoms with van der Waals surface area (Å²) >= 11 is 3.51. The van der Waals surface area contributed by atoms with Crippen molar-refractivity contribution in [2.75, 3.05) is 13.1 Å². The lowest BCUT2D eigenvalue weighted by molar-refractivity contribution is 0.316. The minimum atomic E-state index is 0.990. The molecule has 2 heterocycles. The molecule has 0 spiro atoms. The molecule has 0 unspecified atom stereocenters. The molecule has 0 aliphatic carbocycles. The average Bonchev–Trinajstić information content (AvgIpc) is 2.77. The summed E-state index contributed by atoms with van der Waals surface area (Å²) in [5, 5.41) is 0. The van der Waals surface area contributed by atoms with Gasteiger partial charge in [-0.05, 0) is 48.8 Å². The summed E-state index contributed by atoms with van der Waals surface area (Å²) in [6, 6.07) is 0. The average molecular weight is 258 g/mol. The van der Waals surface area contributed by atoms with E-state index in [2.05, 4.69) is 37.3 Å². The monoisotopic (exact) mass is 257 g/mol. The SMILES string of the molecule is CCn1c(Br)cnc1CN1CCCC1. The lowest BCUT2D eigenvalue weighted by Gasteiger charge is -2.14. The van der Waals surface area contributed by atoms with Crippen LogP contribution in [0, 0.1) is 0 Å². The summed E-state index contributed by atoms with van der Waals surface area (Å²) in [6.07, 6.45) is 4.58. The highest BCUT2D eigenvalue weighted by Gasteiger charge is 2.15. The zero-order valence-electron chi connectivity index (χ0n) is 8.54. The molecule has 1 aliphatic rings. The molecule has 1 aliphatic heterocycles. The fourth-order valence-electron chi connectivity index (χ4n) is 1.99. The van der Waals surface area contributed by atoms with Crippen molar-refractivity contribution in [3.05, 3.63) is 16.6 Å². The van der Waals surface area contributed by atoms with E-state index in [1.807, 2.05) is 6.20 Å². The molecule has 4 heteroatoms. The van der Waals surface area contributed by atoms with Crippen LogP contribution in [-0.4, -0.2) is 27.5 Å². The lowest BCUT2D eigenvalue weighted by Crippen LogP contribution is -2.21. The maximum Gasteiger partial charge on any atom is 0.123 e. The zero-order valence-corrected chi connectivity index (χ0v) is 10.1. The largest absolute Gasteiger partial charge is 0.322 e. The Morgan fingerprint density at radius 1 is 1.43 bits per heavy atom. The van der Waals surface area contributed by atoms with Crippen LogP contribution in [0.4, 0.5) is 0 Å². The molecule has 14 heavy (non-hydrogen) atoms. The molecule has 0 radical (unpaired) electrons. The summed E-state index contributed by atoms with van der Waals surface area (Å²) in [6.45, 7) is 6.60. The van der Waals surface area contributed by atoms with Gasteiger partial charge in [0.05, 0.1) is 12.7 Å². The molecule has 1 aromatic rings. The van der Waals surface area contributed by atoms with Gasteiger partial charge in [-0.1, -0.05) is 0 Å². The van der Waals surface area contributed by atoms with Gasteiger partial charge >= 0.3 is 0 Å². The molecule has 1 saturated heterocycles. The molecule has 3 nitrogen and oxygen atoms in total. The third-order valence-electron chi connectivity index (χ3n) is 2.77. The summed E-state index contributed by atoms with van der Waals surface area (Å²) in [7, 11) is 0. The number of hydrogen-bond acceptors (Lipinski definition) is 2. The molecule has 0 amide bonds. The molecule has 0 saturated carbocycles. The highest BCUT2D eigenvalue weighted by atomic mass is 79.9. The number of imidazole rings is 1. The van der Waals surface area contributed by atoms with Crippen molar-refractivity contribution in [1.82, 2.24) is 14.5 Å². The van der Waals surface area contributed by atoms with E-state index >= 15 is 0 Å². The Kier molecular flexibility index (Phi) is 3.23. The van der Waals surface area contributed by atoms with Gasteiger partial charge in [0, 0.05) is 6.54 Å². The summed E-state index contributed by atoms with van der Waals surface area (Å²) < 4.78 is 3.31. The normalized spacial score (nSPS) is 17.9. The van der Waals surface area contributed by atoms with Gasteiger partial charge in [0.2, 0.25) is 0 Å². The van der Waals surface area contributed by atoms with Crippen molar-refractivity contribution in [3.63, 3.8) is 0 Å². The van der Waals surface area contributed by atoms with Gasteiger partial charge in [0.1, 0.15) is 10.4 Å². The highest BCUT2D eigenvalue weighted by Crippen LogP contribution is 2.16. The Labute approximate surface area is 93.2 Å². The van der Waals surface area contributed by atoms with Crippen LogP contribution >= 0.6 is 15.9 Å². The highest BCUT2D eigenvalue weighted by molar-refractivity contribution is 9.10. The number of rotatable bonds is 3. The van der Waals surface area contributed by atoms with Crippen molar-refractivity contribution >= 4 is 15.9 Å². The number of aromatic nitrogens is 2. The number of nitrogens with zero attached hydrogens (tertiary/aromatic N) is 3. The van der Waals surface area contributed by atoms with Crippen LogP contribution in [0.3, 0.4) is 0 Å². The first-order valence-corrected chi connectivity index (χ1v) is 6.03.